The van der Waals surface area contributed by atoms with Crippen molar-refractivity contribution in [3.63, 3.8) is 0 Å². The fraction of sp³-hybridized carbons (Fsp3) is 0.667. The van der Waals surface area contributed by atoms with Crippen LogP contribution in [-0.4, -0.2) is 71.0 Å². The normalized spacial score (nSPS) is 21.2. The van der Waals surface area contributed by atoms with Gasteiger partial charge in [-0.2, -0.15) is 0 Å². The van der Waals surface area contributed by atoms with Crippen molar-refractivity contribution in [3.8, 4) is 10.8 Å². The molecule has 1 aliphatic carbocycles. The van der Waals surface area contributed by atoms with Crippen molar-refractivity contribution in [2.24, 2.45) is 0 Å². The van der Waals surface area contributed by atoms with Crippen LogP contribution in [-0.2, 0) is 21.2 Å². The second-order valence-corrected chi connectivity index (χ2v) is 11.7. The van der Waals surface area contributed by atoms with E-state index in [2.05, 4.69) is 17.1 Å². The first kappa shape index (κ1) is 22.4. The highest BCUT2D eigenvalue weighted by molar-refractivity contribution is 7.91. The maximum Gasteiger partial charge on any atom is 0.257 e. The maximum absolute atomic E-state index is 13.4. The Balaban J connectivity index is 1.45. The van der Waals surface area contributed by atoms with Crippen LogP contribution in [0.3, 0.4) is 0 Å². The summed E-state index contributed by atoms with van der Waals surface area (Å²) in [6.45, 7) is 3.43. The molecule has 0 unspecified atom stereocenters. The van der Waals surface area contributed by atoms with Gasteiger partial charge in [0.1, 0.15) is 0 Å². The van der Waals surface area contributed by atoms with E-state index >= 15 is 0 Å². The standard InChI is InChI=1S/C21H30N4O4S2/c1-2-10-24(13-19-22-23-21(29-19)18-8-5-11-30-18)14-20(26)25(16-6-3-4-7-16)17-9-12-31(27,28)15-17/h5,8,11,16-17H,2-4,6-7,9-10,12-15H2,1H3/t17-/m1/s1. The van der Waals surface area contributed by atoms with Gasteiger partial charge in [0.25, 0.3) is 5.89 Å². The second-order valence-electron chi connectivity index (χ2n) is 8.49. The van der Waals surface area contributed by atoms with E-state index in [4.69, 9.17) is 4.42 Å². The van der Waals surface area contributed by atoms with Gasteiger partial charge in [-0.25, -0.2) is 8.42 Å². The molecule has 1 saturated carbocycles. The molecule has 10 heteroatoms. The Kier molecular flexibility index (Phi) is 7.08. The van der Waals surface area contributed by atoms with Crippen molar-refractivity contribution in [1.82, 2.24) is 20.0 Å². The van der Waals surface area contributed by atoms with E-state index in [1.165, 1.54) is 0 Å². The third-order valence-electron chi connectivity index (χ3n) is 6.06. The lowest BCUT2D eigenvalue weighted by Crippen LogP contribution is -2.50. The molecule has 2 aromatic heterocycles. The highest BCUT2D eigenvalue weighted by atomic mass is 32.2. The molecule has 1 saturated heterocycles. The smallest absolute Gasteiger partial charge is 0.257 e. The average Bonchev–Trinajstić information content (AvgIpc) is 3.50. The Labute approximate surface area is 187 Å². The number of carbonyl (C=O) groups is 1. The van der Waals surface area contributed by atoms with E-state index in [0.29, 0.717) is 24.7 Å². The van der Waals surface area contributed by atoms with Crippen LogP contribution in [0.25, 0.3) is 10.8 Å². The van der Waals surface area contributed by atoms with E-state index in [0.717, 1.165) is 43.5 Å². The number of carbonyl (C=O) groups excluding carboxylic acids is 1. The van der Waals surface area contributed by atoms with Gasteiger partial charge in [0.2, 0.25) is 11.8 Å². The summed E-state index contributed by atoms with van der Waals surface area (Å²) < 4.78 is 30.0. The lowest BCUT2D eigenvalue weighted by atomic mass is 10.1. The molecule has 3 heterocycles. The molecule has 1 aliphatic heterocycles. The van der Waals surface area contributed by atoms with Gasteiger partial charge >= 0.3 is 0 Å². The maximum atomic E-state index is 13.4. The van der Waals surface area contributed by atoms with Crippen molar-refractivity contribution in [3.05, 3.63) is 23.4 Å². The third-order valence-corrected chi connectivity index (χ3v) is 8.67. The predicted octanol–water partition coefficient (Wildman–Crippen LogP) is 2.97. The average molecular weight is 467 g/mol. The van der Waals surface area contributed by atoms with Crippen molar-refractivity contribution in [1.29, 1.82) is 0 Å². The molecule has 31 heavy (non-hydrogen) atoms. The Morgan fingerprint density at radius 2 is 2.03 bits per heavy atom. The highest BCUT2D eigenvalue weighted by Gasteiger charge is 2.39. The monoisotopic (exact) mass is 466 g/mol. The minimum atomic E-state index is -3.05. The van der Waals surface area contributed by atoms with Crippen LogP contribution in [0.4, 0.5) is 0 Å². The van der Waals surface area contributed by atoms with Crippen molar-refractivity contribution in [2.45, 2.75) is 64.1 Å². The van der Waals surface area contributed by atoms with E-state index in [9.17, 15) is 13.2 Å². The first-order chi connectivity index (χ1) is 14.9. The molecule has 0 N–H and O–H groups in total. The molecule has 0 aromatic carbocycles. The summed E-state index contributed by atoms with van der Waals surface area (Å²) in [6, 6.07) is 3.83. The van der Waals surface area contributed by atoms with Gasteiger partial charge in [-0.1, -0.05) is 25.8 Å². The Hall–Kier alpha value is -1.78. The quantitative estimate of drug-likeness (QED) is 0.560. The fourth-order valence-corrected chi connectivity index (χ4v) is 7.05. The van der Waals surface area contributed by atoms with Crippen molar-refractivity contribution in [2.75, 3.05) is 24.6 Å². The van der Waals surface area contributed by atoms with Gasteiger partial charge in [-0.15, -0.1) is 21.5 Å². The van der Waals surface area contributed by atoms with Crippen molar-refractivity contribution >= 4 is 27.1 Å². The zero-order chi connectivity index (χ0) is 21.8. The predicted molar refractivity (Wildman–Crippen MR) is 119 cm³/mol. The molecule has 2 fully saturated rings. The SMILES string of the molecule is CCCN(CC(=O)N(C1CCCC1)[C@@H]1CCS(=O)(=O)C1)Cc1nnc(-c2cccs2)o1. The summed E-state index contributed by atoms with van der Waals surface area (Å²) in [5.41, 5.74) is 0. The topological polar surface area (TPSA) is 96.6 Å². The number of hydrogen-bond acceptors (Lipinski definition) is 8. The molecule has 1 amide bonds. The van der Waals surface area contributed by atoms with E-state index in [1.807, 2.05) is 27.3 Å². The zero-order valence-corrected chi connectivity index (χ0v) is 19.5. The van der Waals surface area contributed by atoms with Crippen molar-refractivity contribution < 1.29 is 17.6 Å². The number of thiophene rings is 1. The number of sulfone groups is 1. The summed E-state index contributed by atoms with van der Waals surface area (Å²) in [5, 5.41) is 10.3. The van der Waals surface area contributed by atoms with Crippen LogP contribution in [0.5, 0.6) is 0 Å². The first-order valence-electron chi connectivity index (χ1n) is 11.1. The van der Waals surface area contributed by atoms with Crippen LogP contribution in [0, 0.1) is 0 Å². The summed E-state index contributed by atoms with van der Waals surface area (Å²) in [4.78, 5) is 18.3. The number of amides is 1. The molecule has 4 rings (SSSR count). The summed E-state index contributed by atoms with van der Waals surface area (Å²) in [6.07, 6.45) is 5.56. The zero-order valence-electron chi connectivity index (χ0n) is 17.9. The lowest BCUT2D eigenvalue weighted by Gasteiger charge is -2.35. The second kappa shape index (κ2) is 9.79. The number of aromatic nitrogens is 2. The largest absolute Gasteiger partial charge is 0.419 e. The minimum Gasteiger partial charge on any atom is -0.419 e. The van der Waals surface area contributed by atoms with E-state index in [-0.39, 0.29) is 36.0 Å². The van der Waals surface area contributed by atoms with Gasteiger partial charge in [0.05, 0.1) is 29.5 Å². The molecule has 170 valence electrons. The molecular weight excluding hydrogens is 436 g/mol. The molecule has 2 aliphatic rings. The molecule has 2 aromatic rings. The van der Waals surface area contributed by atoms with Gasteiger partial charge in [-0.05, 0) is 43.7 Å². The van der Waals surface area contributed by atoms with E-state index in [1.54, 1.807) is 11.3 Å². The highest BCUT2D eigenvalue weighted by Crippen LogP contribution is 2.29. The number of hydrogen-bond donors (Lipinski definition) is 0. The summed E-state index contributed by atoms with van der Waals surface area (Å²) in [5.74, 6) is 1.27. The van der Waals surface area contributed by atoms with Gasteiger partial charge in [0, 0.05) is 12.1 Å². The number of rotatable bonds is 9. The molecule has 0 spiro atoms. The van der Waals surface area contributed by atoms with Gasteiger partial charge in [0.15, 0.2) is 9.84 Å². The third kappa shape index (κ3) is 5.53. The summed E-state index contributed by atoms with van der Waals surface area (Å²) in [7, 11) is -3.05. The molecule has 8 nitrogen and oxygen atoms in total. The van der Waals surface area contributed by atoms with Crippen LogP contribution in [0.2, 0.25) is 0 Å². The molecular formula is C21H30N4O4S2. The van der Waals surface area contributed by atoms with Gasteiger partial charge in [-0.3, -0.25) is 9.69 Å². The Morgan fingerprint density at radius 1 is 1.23 bits per heavy atom. The lowest BCUT2D eigenvalue weighted by molar-refractivity contribution is -0.137. The number of nitrogens with zero attached hydrogens (tertiary/aromatic N) is 4. The van der Waals surface area contributed by atoms with Crippen LogP contribution in [0.15, 0.2) is 21.9 Å². The summed E-state index contributed by atoms with van der Waals surface area (Å²) >= 11 is 1.54. The van der Waals surface area contributed by atoms with Crippen LogP contribution < -0.4 is 0 Å². The first-order valence-corrected chi connectivity index (χ1v) is 13.8. The van der Waals surface area contributed by atoms with Crippen LogP contribution in [0.1, 0.15) is 51.3 Å². The minimum absolute atomic E-state index is 0.0143. The van der Waals surface area contributed by atoms with Crippen LogP contribution >= 0.6 is 11.3 Å². The Morgan fingerprint density at radius 3 is 2.68 bits per heavy atom. The Bertz CT molecular complexity index is 967. The molecule has 0 bridgehead atoms. The van der Waals surface area contributed by atoms with Gasteiger partial charge < -0.3 is 9.32 Å². The fourth-order valence-electron chi connectivity index (χ4n) is 4.69. The molecule has 1 atom stereocenters. The van der Waals surface area contributed by atoms with E-state index < -0.39 is 9.84 Å². The molecule has 0 radical (unpaired) electrons.